The molecule has 2 aliphatic rings. The molecule has 0 saturated carbocycles. The highest BCUT2D eigenvalue weighted by Gasteiger charge is 2.38. The van der Waals surface area contributed by atoms with E-state index >= 15 is 0 Å². The molecule has 0 aromatic heterocycles. The van der Waals surface area contributed by atoms with Crippen molar-refractivity contribution >= 4 is 11.9 Å². The molecule has 0 radical (unpaired) electrons. The van der Waals surface area contributed by atoms with E-state index in [9.17, 15) is 18.0 Å². The molecule has 190 valence electrons. The van der Waals surface area contributed by atoms with Gasteiger partial charge in [-0.1, -0.05) is 30.3 Å². The molecule has 2 N–H and O–H groups in total. The number of halogens is 3. The van der Waals surface area contributed by atoms with Crippen molar-refractivity contribution in [1.82, 2.24) is 4.90 Å². The maximum atomic E-state index is 10.8. The lowest BCUT2D eigenvalue weighted by molar-refractivity contribution is -0.192. The lowest BCUT2D eigenvalue weighted by atomic mass is 10.1. The lowest BCUT2D eigenvalue weighted by Crippen LogP contribution is -2.39. The van der Waals surface area contributed by atoms with Crippen LogP contribution in [0.5, 0.6) is 11.5 Å². The standard InChI is InChI=1S/C22H25NO5.C2HF3O2/c24-22(25)9-10-23-11-12-26-21(14-23)16-5-7-18(8-6-16)27-15-19-13-17-3-1-2-4-20(17)28-19;3-2(4,5)1(6)7/h1-8,19,21H,9-15H2,(H,24,25);(H,6,7). The molecule has 4 rings (SSSR count). The summed E-state index contributed by atoms with van der Waals surface area (Å²) >= 11 is 0. The average Bonchev–Trinajstić information content (AvgIpc) is 3.25. The van der Waals surface area contributed by atoms with Gasteiger partial charge in [0.15, 0.2) is 0 Å². The van der Waals surface area contributed by atoms with E-state index in [0.29, 0.717) is 26.3 Å². The zero-order valence-electron chi connectivity index (χ0n) is 18.7. The highest BCUT2D eigenvalue weighted by molar-refractivity contribution is 5.73. The molecule has 1 saturated heterocycles. The number of carbonyl (C=O) groups is 2. The third kappa shape index (κ3) is 8.15. The first-order chi connectivity index (χ1) is 16.6. The van der Waals surface area contributed by atoms with Crippen LogP contribution in [0.4, 0.5) is 13.2 Å². The molecule has 11 heteroatoms. The van der Waals surface area contributed by atoms with Crippen molar-refractivity contribution < 1.29 is 47.2 Å². The molecule has 8 nitrogen and oxygen atoms in total. The van der Waals surface area contributed by atoms with Crippen molar-refractivity contribution in [3.8, 4) is 11.5 Å². The lowest BCUT2D eigenvalue weighted by Gasteiger charge is -2.32. The number of fused-ring (bicyclic) bond motifs is 1. The van der Waals surface area contributed by atoms with Crippen LogP contribution in [0.25, 0.3) is 0 Å². The number of hydrogen-bond donors (Lipinski definition) is 2. The minimum absolute atomic E-state index is 0.0377. The van der Waals surface area contributed by atoms with Gasteiger partial charge in [0.05, 0.1) is 19.1 Å². The van der Waals surface area contributed by atoms with Gasteiger partial charge in [0.1, 0.15) is 24.2 Å². The second kappa shape index (κ2) is 11.9. The van der Waals surface area contributed by atoms with Gasteiger partial charge in [-0.05, 0) is 29.3 Å². The van der Waals surface area contributed by atoms with E-state index in [2.05, 4.69) is 11.0 Å². The number of morpholine rings is 1. The molecule has 0 aliphatic carbocycles. The summed E-state index contributed by atoms with van der Waals surface area (Å²) in [5, 5.41) is 16.0. The summed E-state index contributed by atoms with van der Waals surface area (Å²) in [6, 6.07) is 16.0. The van der Waals surface area contributed by atoms with E-state index < -0.39 is 18.1 Å². The quantitative estimate of drug-likeness (QED) is 0.599. The Morgan fingerprint density at radius 1 is 1.09 bits per heavy atom. The predicted octanol–water partition coefficient (Wildman–Crippen LogP) is 3.55. The summed E-state index contributed by atoms with van der Waals surface area (Å²) in [5.41, 5.74) is 2.31. The molecule has 0 amide bonds. The molecule has 2 unspecified atom stereocenters. The van der Waals surface area contributed by atoms with Crippen LogP contribution in [-0.2, 0) is 20.7 Å². The number of aliphatic carboxylic acids is 2. The highest BCUT2D eigenvalue weighted by atomic mass is 19.4. The summed E-state index contributed by atoms with van der Waals surface area (Å²) in [5.74, 6) is -1.76. The van der Waals surface area contributed by atoms with E-state index in [4.69, 9.17) is 29.2 Å². The van der Waals surface area contributed by atoms with Gasteiger partial charge in [-0.15, -0.1) is 0 Å². The van der Waals surface area contributed by atoms with Crippen LogP contribution in [0, 0.1) is 0 Å². The van der Waals surface area contributed by atoms with Gasteiger partial charge in [0.2, 0.25) is 0 Å². The molecule has 2 aromatic rings. The number of hydrogen-bond acceptors (Lipinski definition) is 6. The number of nitrogens with zero attached hydrogens (tertiary/aromatic N) is 1. The van der Waals surface area contributed by atoms with Crippen molar-refractivity contribution in [2.45, 2.75) is 31.2 Å². The van der Waals surface area contributed by atoms with Gasteiger partial charge < -0.3 is 24.4 Å². The average molecular weight is 497 g/mol. The molecule has 35 heavy (non-hydrogen) atoms. The van der Waals surface area contributed by atoms with E-state index in [1.165, 1.54) is 5.56 Å². The Bertz CT molecular complexity index is 972. The zero-order valence-corrected chi connectivity index (χ0v) is 18.7. The molecule has 2 aromatic carbocycles. The largest absolute Gasteiger partial charge is 0.490 e. The SMILES string of the molecule is O=C(O)C(F)(F)F.O=C(O)CCN1CCOC(c2ccc(OCC3Cc4ccccc4O3)cc2)C1. The molecule has 2 aliphatic heterocycles. The second-order valence-electron chi connectivity index (χ2n) is 8.04. The van der Waals surface area contributed by atoms with E-state index in [0.717, 1.165) is 30.0 Å². The molecule has 0 bridgehead atoms. The topological polar surface area (TPSA) is 106 Å². The Hall–Kier alpha value is -3.31. The first-order valence-electron chi connectivity index (χ1n) is 10.9. The van der Waals surface area contributed by atoms with Gasteiger partial charge in [0, 0.05) is 26.1 Å². The molecule has 2 heterocycles. The van der Waals surface area contributed by atoms with Crippen molar-refractivity contribution in [1.29, 1.82) is 0 Å². The molecule has 1 fully saturated rings. The van der Waals surface area contributed by atoms with Crippen molar-refractivity contribution in [2.24, 2.45) is 0 Å². The molecular weight excluding hydrogens is 471 g/mol. The van der Waals surface area contributed by atoms with E-state index in [-0.39, 0.29) is 18.6 Å². The van der Waals surface area contributed by atoms with Crippen molar-refractivity contribution in [3.05, 3.63) is 59.7 Å². The third-order valence-electron chi connectivity index (χ3n) is 5.44. The second-order valence-corrected chi connectivity index (χ2v) is 8.04. The van der Waals surface area contributed by atoms with E-state index in [1.54, 1.807) is 0 Å². The molecule has 0 spiro atoms. The summed E-state index contributed by atoms with van der Waals surface area (Å²) in [4.78, 5) is 21.8. The Morgan fingerprint density at radius 3 is 2.40 bits per heavy atom. The van der Waals surface area contributed by atoms with Crippen LogP contribution < -0.4 is 9.47 Å². The Kier molecular flexibility index (Phi) is 8.94. The number of rotatable bonds is 7. The Labute approximate surface area is 199 Å². The van der Waals surface area contributed by atoms with Gasteiger partial charge >= 0.3 is 18.1 Å². The number of alkyl halides is 3. The van der Waals surface area contributed by atoms with Crippen LogP contribution >= 0.6 is 0 Å². The number of ether oxygens (including phenoxy) is 3. The fraction of sp³-hybridized carbons (Fsp3) is 0.417. The summed E-state index contributed by atoms with van der Waals surface area (Å²) in [6.45, 7) is 3.16. The van der Waals surface area contributed by atoms with Gasteiger partial charge in [0.25, 0.3) is 0 Å². The van der Waals surface area contributed by atoms with Crippen LogP contribution in [0.2, 0.25) is 0 Å². The van der Waals surface area contributed by atoms with Gasteiger partial charge in [-0.2, -0.15) is 13.2 Å². The number of carboxylic acids is 2. The van der Waals surface area contributed by atoms with Crippen molar-refractivity contribution in [2.75, 3.05) is 32.8 Å². The maximum absolute atomic E-state index is 10.8. The van der Waals surface area contributed by atoms with Crippen LogP contribution in [-0.4, -0.2) is 72.2 Å². The minimum Gasteiger partial charge on any atom is -0.490 e. The Balaban J connectivity index is 0.000000429. The maximum Gasteiger partial charge on any atom is 0.490 e. The first-order valence-corrected chi connectivity index (χ1v) is 10.9. The van der Waals surface area contributed by atoms with Crippen molar-refractivity contribution in [3.63, 3.8) is 0 Å². The first kappa shape index (κ1) is 26.3. The number of para-hydroxylation sites is 1. The van der Waals surface area contributed by atoms with Crippen LogP contribution in [0.1, 0.15) is 23.7 Å². The molecular formula is C24H26F3NO7. The number of carboxylic acid groups (broad SMARTS) is 2. The fourth-order valence-corrected chi connectivity index (χ4v) is 3.68. The number of benzene rings is 2. The zero-order chi connectivity index (χ0) is 25.4. The van der Waals surface area contributed by atoms with E-state index in [1.807, 2.05) is 42.5 Å². The smallest absolute Gasteiger partial charge is 0.490 e. The fourth-order valence-electron chi connectivity index (χ4n) is 3.68. The van der Waals surface area contributed by atoms with Gasteiger partial charge in [-0.25, -0.2) is 4.79 Å². The monoisotopic (exact) mass is 497 g/mol. The summed E-state index contributed by atoms with van der Waals surface area (Å²) in [7, 11) is 0. The highest BCUT2D eigenvalue weighted by Crippen LogP contribution is 2.29. The van der Waals surface area contributed by atoms with Crippen LogP contribution in [0.15, 0.2) is 48.5 Å². The summed E-state index contributed by atoms with van der Waals surface area (Å²) in [6.07, 6.45) is -4.05. The third-order valence-corrected chi connectivity index (χ3v) is 5.44. The normalized spacial score (nSPS) is 19.6. The Morgan fingerprint density at radius 2 is 1.77 bits per heavy atom. The molecule has 2 atom stereocenters. The van der Waals surface area contributed by atoms with Crippen LogP contribution in [0.3, 0.4) is 0 Å². The summed E-state index contributed by atoms with van der Waals surface area (Å²) < 4.78 is 49.4. The predicted molar refractivity (Wildman–Crippen MR) is 118 cm³/mol. The van der Waals surface area contributed by atoms with Gasteiger partial charge in [-0.3, -0.25) is 9.69 Å². The minimum atomic E-state index is -5.08.